The Morgan fingerprint density at radius 3 is 2.57 bits per heavy atom. The van der Waals surface area contributed by atoms with E-state index in [9.17, 15) is 18.0 Å². The zero-order chi connectivity index (χ0) is 20.3. The van der Waals surface area contributed by atoms with Crippen molar-refractivity contribution in [2.45, 2.75) is 26.3 Å². The molecule has 10 heteroatoms. The highest BCUT2D eigenvalue weighted by Gasteiger charge is 2.34. The number of amides is 1. The van der Waals surface area contributed by atoms with E-state index in [2.05, 4.69) is 10.2 Å². The smallest absolute Gasteiger partial charge is 0.361 e. The number of sulfone groups is 1. The van der Waals surface area contributed by atoms with E-state index in [0.717, 1.165) is 0 Å². The summed E-state index contributed by atoms with van der Waals surface area (Å²) in [6, 6.07) is 8.73. The van der Waals surface area contributed by atoms with Crippen LogP contribution in [0.3, 0.4) is 0 Å². The molecule has 0 radical (unpaired) electrons. The van der Waals surface area contributed by atoms with Crippen molar-refractivity contribution in [3.8, 4) is 5.69 Å². The van der Waals surface area contributed by atoms with Gasteiger partial charge in [0.15, 0.2) is 22.1 Å². The summed E-state index contributed by atoms with van der Waals surface area (Å²) in [6.45, 7) is 3.27. The van der Waals surface area contributed by atoms with Gasteiger partial charge in [-0.25, -0.2) is 13.2 Å². The van der Waals surface area contributed by atoms with Crippen LogP contribution in [-0.2, 0) is 19.4 Å². The van der Waals surface area contributed by atoms with E-state index in [-0.39, 0.29) is 23.2 Å². The number of ether oxygens (including phenoxy) is 1. The third kappa shape index (κ3) is 4.38. The fourth-order valence-corrected chi connectivity index (χ4v) is 4.91. The molecule has 2 heterocycles. The highest BCUT2D eigenvalue weighted by Crippen LogP contribution is 2.18. The minimum absolute atomic E-state index is 0.0307. The number of rotatable bonds is 6. The summed E-state index contributed by atoms with van der Waals surface area (Å²) in [5.41, 5.74) is 1.11. The lowest BCUT2D eigenvalue weighted by atomic mass is 10.2. The number of carbonyl (C=O) groups is 2. The molecule has 1 aromatic carbocycles. The Morgan fingerprint density at radius 1 is 1.25 bits per heavy atom. The molecule has 1 saturated heterocycles. The third-order valence-electron chi connectivity index (χ3n) is 4.60. The highest BCUT2D eigenvalue weighted by atomic mass is 32.2. The van der Waals surface area contributed by atoms with Crippen molar-refractivity contribution in [3.05, 3.63) is 41.7 Å². The Bertz CT molecular complexity index is 971. The molecule has 1 aromatic heterocycles. The second-order valence-electron chi connectivity index (χ2n) is 6.57. The van der Waals surface area contributed by atoms with Crippen molar-refractivity contribution in [2.24, 2.45) is 0 Å². The quantitative estimate of drug-likeness (QED) is 0.651. The molecule has 0 bridgehead atoms. The molecule has 3 rings (SSSR count). The summed E-state index contributed by atoms with van der Waals surface area (Å²) in [4.78, 5) is 27.6. The predicted molar refractivity (Wildman–Crippen MR) is 101 cm³/mol. The number of esters is 1. The van der Waals surface area contributed by atoms with Crippen LogP contribution in [0.1, 0.15) is 29.5 Å². The Labute approximate surface area is 163 Å². The molecule has 0 spiro atoms. The van der Waals surface area contributed by atoms with E-state index < -0.39 is 28.3 Å². The number of para-hydroxylation sites is 1. The van der Waals surface area contributed by atoms with Gasteiger partial charge in [0.2, 0.25) is 0 Å². The van der Waals surface area contributed by atoms with Gasteiger partial charge < -0.3 is 9.64 Å². The Balaban J connectivity index is 1.63. The van der Waals surface area contributed by atoms with Gasteiger partial charge in [-0.15, -0.1) is 5.10 Å². The standard InChI is InChI=1S/C18H22N4O5S/c1-3-21(15-9-10-28(25,26)12-15)16(23)11-27-18(24)17-13(2)19-22(20-17)14-7-5-4-6-8-14/h4-8,15H,3,9-12H2,1-2H3/t15-/m0/s1. The summed E-state index contributed by atoms with van der Waals surface area (Å²) in [5, 5.41) is 8.35. The molecular weight excluding hydrogens is 384 g/mol. The first-order chi connectivity index (χ1) is 13.3. The average Bonchev–Trinajstić information content (AvgIpc) is 3.23. The van der Waals surface area contributed by atoms with Gasteiger partial charge in [-0.2, -0.15) is 9.90 Å². The van der Waals surface area contributed by atoms with E-state index in [1.807, 2.05) is 18.2 Å². The van der Waals surface area contributed by atoms with Crippen molar-refractivity contribution in [1.29, 1.82) is 0 Å². The number of likely N-dealkylation sites (N-methyl/N-ethyl adjacent to an activating group) is 1. The second-order valence-corrected chi connectivity index (χ2v) is 8.80. The lowest BCUT2D eigenvalue weighted by Crippen LogP contribution is -2.43. The summed E-state index contributed by atoms with van der Waals surface area (Å²) >= 11 is 0. The van der Waals surface area contributed by atoms with Crippen LogP contribution in [0.5, 0.6) is 0 Å². The van der Waals surface area contributed by atoms with Crippen LogP contribution < -0.4 is 0 Å². The molecule has 28 heavy (non-hydrogen) atoms. The van der Waals surface area contributed by atoms with E-state index in [0.29, 0.717) is 24.3 Å². The van der Waals surface area contributed by atoms with Crippen LogP contribution in [0.2, 0.25) is 0 Å². The van der Waals surface area contributed by atoms with Gasteiger partial charge in [0.25, 0.3) is 5.91 Å². The summed E-state index contributed by atoms with van der Waals surface area (Å²) in [6.07, 6.45) is 0.403. The number of hydrogen-bond acceptors (Lipinski definition) is 7. The van der Waals surface area contributed by atoms with Crippen molar-refractivity contribution in [3.63, 3.8) is 0 Å². The molecule has 1 amide bonds. The largest absolute Gasteiger partial charge is 0.451 e. The van der Waals surface area contributed by atoms with Crippen LogP contribution in [0.15, 0.2) is 30.3 Å². The maximum absolute atomic E-state index is 12.4. The normalized spacial score (nSPS) is 18.0. The van der Waals surface area contributed by atoms with Gasteiger partial charge in [0, 0.05) is 12.6 Å². The molecule has 1 fully saturated rings. The monoisotopic (exact) mass is 406 g/mol. The van der Waals surface area contributed by atoms with Gasteiger partial charge in [0.05, 0.1) is 22.9 Å². The van der Waals surface area contributed by atoms with Gasteiger partial charge >= 0.3 is 5.97 Å². The van der Waals surface area contributed by atoms with E-state index in [4.69, 9.17) is 4.74 Å². The van der Waals surface area contributed by atoms with Gasteiger partial charge in [-0.3, -0.25) is 4.79 Å². The van der Waals surface area contributed by atoms with Crippen molar-refractivity contribution in [2.75, 3.05) is 24.7 Å². The van der Waals surface area contributed by atoms with Crippen molar-refractivity contribution in [1.82, 2.24) is 19.9 Å². The minimum atomic E-state index is -3.11. The van der Waals surface area contributed by atoms with Crippen LogP contribution in [-0.4, -0.2) is 70.9 Å². The van der Waals surface area contributed by atoms with Crippen molar-refractivity contribution < 1.29 is 22.7 Å². The fraction of sp³-hybridized carbons (Fsp3) is 0.444. The van der Waals surface area contributed by atoms with Crippen LogP contribution in [0.25, 0.3) is 5.69 Å². The number of carbonyl (C=O) groups excluding carboxylic acids is 2. The lowest BCUT2D eigenvalue weighted by Gasteiger charge is -2.26. The second kappa shape index (κ2) is 8.09. The van der Waals surface area contributed by atoms with Crippen molar-refractivity contribution >= 4 is 21.7 Å². The molecular formula is C18H22N4O5S. The van der Waals surface area contributed by atoms with Gasteiger partial charge in [-0.1, -0.05) is 18.2 Å². The van der Waals surface area contributed by atoms with Crippen LogP contribution in [0.4, 0.5) is 0 Å². The van der Waals surface area contributed by atoms with E-state index >= 15 is 0 Å². The number of hydrogen-bond donors (Lipinski definition) is 0. The molecule has 1 atom stereocenters. The fourth-order valence-electron chi connectivity index (χ4n) is 3.18. The zero-order valence-corrected chi connectivity index (χ0v) is 16.6. The predicted octanol–water partition coefficient (Wildman–Crippen LogP) is 0.768. The Hall–Kier alpha value is -2.75. The SMILES string of the molecule is CCN(C(=O)COC(=O)c1nn(-c2ccccc2)nc1C)[C@H]1CCS(=O)(=O)C1. The number of benzene rings is 1. The Kier molecular flexibility index (Phi) is 5.78. The van der Waals surface area contributed by atoms with Crippen LogP contribution in [0, 0.1) is 6.92 Å². The number of aryl methyl sites for hydroxylation is 1. The lowest BCUT2D eigenvalue weighted by molar-refractivity contribution is -0.136. The number of aromatic nitrogens is 3. The van der Waals surface area contributed by atoms with Gasteiger partial charge in [-0.05, 0) is 32.4 Å². The maximum atomic E-state index is 12.4. The molecule has 0 unspecified atom stereocenters. The average molecular weight is 406 g/mol. The summed E-state index contributed by atoms with van der Waals surface area (Å²) < 4.78 is 28.4. The molecule has 9 nitrogen and oxygen atoms in total. The van der Waals surface area contributed by atoms with Gasteiger partial charge in [0.1, 0.15) is 0 Å². The number of nitrogens with zero attached hydrogens (tertiary/aromatic N) is 4. The molecule has 2 aromatic rings. The molecule has 0 saturated carbocycles. The van der Waals surface area contributed by atoms with E-state index in [1.165, 1.54) is 9.70 Å². The first kappa shape index (κ1) is 20.0. The summed E-state index contributed by atoms with van der Waals surface area (Å²) in [7, 11) is -3.11. The Morgan fingerprint density at radius 2 is 1.96 bits per heavy atom. The first-order valence-corrected chi connectivity index (χ1v) is 10.8. The maximum Gasteiger partial charge on any atom is 0.361 e. The topological polar surface area (TPSA) is 111 Å². The molecule has 0 N–H and O–H groups in total. The van der Waals surface area contributed by atoms with Crippen LogP contribution >= 0.6 is 0 Å². The first-order valence-electron chi connectivity index (χ1n) is 8.97. The zero-order valence-electron chi connectivity index (χ0n) is 15.7. The van der Waals surface area contributed by atoms with E-state index in [1.54, 1.807) is 26.0 Å². The molecule has 1 aliphatic heterocycles. The third-order valence-corrected chi connectivity index (χ3v) is 6.35. The molecule has 150 valence electrons. The summed E-state index contributed by atoms with van der Waals surface area (Å²) in [5.74, 6) is -1.15. The molecule has 1 aliphatic rings. The minimum Gasteiger partial charge on any atom is -0.451 e. The highest BCUT2D eigenvalue weighted by molar-refractivity contribution is 7.91. The molecule has 0 aliphatic carbocycles.